The minimum absolute atomic E-state index is 0.0685. The number of hydrogen-bond acceptors (Lipinski definition) is 3. The number of aromatic nitrogens is 2. The van der Waals surface area contributed by atoms with Gasteiger partial charge in [-0.15, -0.1) is 0 Å². The molecule has 0 bridgehead atoms. The summed E-state index contributed by atoms with van der Waals surface area (Å²) < 4.78 is 2.13. The number of aliphatic carboxylic acids is 1. The van der Waals surface area contributed by atoms with E-state index in [1.807, 2.05) is 13.1 Å². The van der Waals surface area contributed by atoms with Crippen LogP contribution in [0.25, 0.3) is 0 Å². The van der Waals surface area contributed by atoms with Crippen LogP contribution in [0.1, 0.15) is 44.8 Å². The molecule has 0 aliphatic heterocycles. The first kappa shape index (κ1) is 14.1. The van der Waals surface area contributed by atoms with Gasteiger partial charge < -0.3 is 9.67 Å². The van der Waals surface area contributed by atoms with Crippen LogP contribution in [0.5, 0.6) is 0 Å². The van der Waals surface area contributed by atoms with Gasteiger partial charge in [-0.05, 0) is 19.8 Å². The zero-order valence-electron chi connectivity index (χ0n) is 10.6. The van der Waals surface area contributed by atoms with Crippen molar-refractivity contribution in [3.8, 4) is 0 Å². The van der Waals surface area contributed by atoms with Crippen LogP contribution in [0.2, 0.25) is 0 Å². The van der Waals surface area contributed by atoms with Crippen LogP contribution >= 0.6 is 11.8 Å². The Labute approximate surface area is 106 Å². The number of carboxylic acids is 1. The van der Waals surface area contributed by atoms with Crippen LogP contribution in [0.15, 0.2) is 11.4 Å². The van der Waals surface area contributed by atoms with Gasteiger partial charge in [0.1, 0.15) is 0 Å². The molecule has 17 heavy (non-hydrogen) atoms. The number of carbonyl (C=O) groups is 1. The Morgan fingerprint density at radius 1 is 1.59 bits per heavy atom. The minimum Gasteiger partial charge on any atom is -0.481 e. The lowest BCUT2D eigenvalue weighted by atomic mass is 10.1. The summed E-state index contributed by atoms with van der Waals surface area (Å²) in [4.78, 5) is 15.0. The second-order valence-electron chi connectivity index (χ2n) is 4.11. The quantitative estimate of drug-likeness (QED) is 0.762. The molecule has 1 N–H and O–H groups in total. The molecule has 0 fully saturated rings. The van der Waals surface area contributed by atoms with Crippen LogP contribution in [0.4, 0.5) is 0 Å². The summed E-state index contributed by atoms with van der Waals surface area (Å²) >= 11 is 1.30. The third-order valence-electron chi connectivity index (χ3n) is 2.63. The highest BCUT2D eigenvalue weighted by atomic mass is 32.2. The van der Waals surface area contributed by atoms with E-state index in [2.05, 4.69) is 23.4 Å². The van der Waals surface area contributed by atoms with Crippen molar-refractivity contribution in [2.24, 2.45) is 0 Å². The highest BCUT2D eigenvalue weighted by Gasteiger charge is 2.15. The largest absolute Gasteiger partial charge is 0.481 e. The predicted octanol–water partition coefficient (Wildman–Crippen LogP) is 3.12. The van der Waals surface area contributed by atoms with Gasteiger partial charge in [0.05, 0.1) is 11.4 Å². The standard InChI is InChI=1S/C12H20N2O2S/c1-4-6-10(5-2)14-7-9(3)13-12(14)17-8-11(15)16/h7,10H,4-6,8H2,1-3H3,(H,15,16). The number of rotatable bonds is 7. The smallest absolute Gasteiger partial charge is 0.313 e. The summed E-state index contributed by atoms with van der Waals surface area (Å²) in [5, 5.41) is 9.54. The number of imidazole rings is 1. The van der Waals surface area contributed by atoms with E-state index < -0.39 is 5.97 Å². The molecule has 0 amide bonds. The van der Waals surface area contributed by atoms with Crippen LogP contribution in [-0.4, -0.2) is 26.4 Å². The summed E-state index contributed by atoms with van der Waals surface area (Å²) in [5.74, 6) is -0.732. The molecular formula is C12H20N2O2S. The fourth-order valence-electron chi connectivity index (χ4n) is 1.86. The lowest BCUT2D eigenvalue weighted by molar-refractivity contribution is -0.133. The Balaban J connectivity index is 2.85. The molecule has 5 heteroatoms. The normalized spacial score (nSPS) is 12.6. The number of carboxylic acid groups (broad SMARTS) is 1. The first-order valence-electron chi connectivity index (χ1n) is 5.98. The molecule has 0 aromatic carbocycles. The van der Waals surface area contributed by atoms with Crippen LogP contribution in [-0.2, 0) is 4.79 Å². The second kappa shape index (κ2) is 6.69. The molecule has 1 heterocycles. The van der Waals surface area contributed by atoms with Crippen molar-refractivity contribution in [3.05, 3.63) is 11.9 Å². The van der Waals surface area contributed by atoms with E-state index in [9.17, 15) is 4.79 Å². The van der Waals surface area contributed by atoms with Gasteiger partial charge in [0.25, 0.3) is 0 Å². The van der Waals surface area contributed by atoms with E-state index in [-0.39, 0.29) is 5.75 Å². The molecule has 96 valence electrons. The molecule has 1 unspecified atom stereocenters. The van der Waals surface area contributed by atoms with E-state index >= 15 is 0 Å². The summed E-state index contributed by atoms with van der Waals surface area (Å²) in [6.07, 6.45) is 5.30. The molecule has 0 saturated heterocycles. The SMILES string of the molecule is CCCC(CC)n1cc(C)nc1SCC(=O)O. The molecule has 1 atom stereocenters. The van der Waals surface area contributed by atoms with E-state index in [1.54, 1.807) is 0 Å². The summed E-state index contributed by atoms with van der Waals surface area (Å²) in [6.45, 7) is 6.26. The molecule has 1 aromatic heterocycles. The maximum absolute atomic E-state index is 10.6. The maximum Gasteiger partial charge on any atom is 0.313 e. The Bertz CT molecular complexity index is 377. The minimum atomic E-state index is -0.800. The monoisotopic (exact) mass is 256 g/mol. The zero-order chi connectivity index (χ0) is 12.8. The third kappa shape index (κ3) is 4.07. The van der Waals surface area contributed by atoms with Crippen molar-refractivity contribution in [1.82, 2.24) is 9.55 Å². The summed E-state index contributed by atoms with van der Waals surface area (Å²) in [6, 6.07) is 0.428. The maximum atomic E-state index is 10.6. The number of nitrogens with zero attached hydrogens (tertiary/aromatic N) is 2. The van der Waals surface area contributed by atoms with Crippen molar-refractivity contribution in [2.75, 3.05) is 5.75 Å². The van der Waals surface area contributed by atoms with E-state index in [0.29, 0.717) is 6.04 Å². The van der Waals surface area contributed by atoms with Gasteiger partial charge in [0.2, 0.25) is 0 Å². The van der Waals surface area contributed by atoms with Crippen molar-refractivity contribution < 1.29 is 9.90 Å². The fraction of sp³-hybridized carbons (Fsp3) is 0.667. The average molecular weight is 256 g/mol. The first-order chi connectivity index (χ1) is 8.08. The molecule has 0 spiro atoms. The molecule has 1 rings (SSSR count). The molecule has 4 nitrogen and oxygen atoms in total. The molecule has 0 radical (unpaired) electrons. The molecule has 0 aliphatic rings. The molecular weight excluding hydrogens is 236 g/mol. The van der Waals surface area contributed by atoms with Crippen molar-refractivity contribution in [2.45, 2.75) is 51.2 Å². The summed E-state index contributed by atoms with van der Waals surface area (Å²) in [7, 11) is 0. The zero-order valence-corrected chi connectivity index (χ0v) is 11.5. The van der Waals surface area contributed by atoms with Crippen LogP contribution < -0.4 is 0 Å². The topological polar surface area (TPSA) is 55.1 Å². The van der Waals surface area contributed by atoms with Gasteiger partial charge in [0, 0.05) is 12.2 Å². The van der Waals surface area contributed by atoms with Gasteiger partial charge in [0.15, 0.2) is 5.16 Å². The third-order valence-corrected chi connectivity index (χ3v) is 3.58. The lowest BCUT2D eigenvalue weighted by Gasteiger charge is -2.17. The van der Waals surface area contributed by atoms with Gasteiger partial charge in [-0.1, -0.05) is 32.0 Å². The van der Waals surface area contributed by atoms with Gasteiger partial charge >= 0.3 is 5.97 Å². The highest BCUT2D eigenvalue weighted by Crippen LogP contribution is 2.26. The van der Waals surface area contributed by atoms with Crippen molar-refractivity contribution in [3.63, 3.8) is 0 Å². The van der Waals surface area contributed by atoms with Gasteiger partial charge in [-0.2, -0.15) is 0 Å². The lowest BCUT2D eigenvalue weighted by Crippen LogP contribution is -2.09. The molecule has 0 saturated carbocycles. The molecule has 0 aliphatic carbocycles. The summed E-state index contributed by atoms with van der Waals surface area (Å²) in [5.41, 5.74) is 0.951. The predicted molar refractivity (Wildman–Crippen MR) is 69.6 cm³/mol. The van der Waals surface area contributed by atoms with Gasteiger partial charge in [-0.3, -0.25) is 4.79 Å². The average Bonchev–Trinajstić information content (AvgIpc) is 2.64. The second-order valence-corrected chi connectivity index (χ2v) is 5.05. The van der Waals surface area contributed by atoms with Crippen LogP contribution in [0.3, 0.4) is 0 Å². The first-order valence-corrected chi connectivity index (χ1v) is 6.97. The Morgan fingerprint density at radius 2 is 2.29 bits per heavy atom. The van der Waals surface area contributed by atoms with Crippen molar-refractivity contribution >= 4 is 17.7 Å². The Morgan fingerprint density at radius 3 is 2.82 bits per heavy atom. The van der Waals surface area contributed by atoms with Crippen molar-refractivity contribution in [1.29, 1.82) is 0 Å². The fourth-order valence-corrected chi connectivity index (χ4v) is 2.67. The number of aryl methyl sites for hydroxylation is 1. The van der Waals surface area contributed by atoms with E-state index in [1.165, 1.54) is 11.8 Å². The van der Waals surface area contributed by atoms with Gasteiger partial charge in [-0.25, -0.2) is 4.98 Å². The Hall–Kier alpha value is -0.970. The Kier molecular flexibility index (Phi) is 5.55. The number of thioether (sulfide) groups is 1. The van der Waals surface area contributed by atoms with E-state index in [0.717, 1.165) is 30.1 Å². The van der Waals surface area contributed by atoms with E-state index in [4.69, 9.17) is 5.11 Å². The molecule has 1 aromatic rings. The highest BCUT2D eigenvalue weighted by molar-refractivity contribution is 7.99. The number of hydrogen-bond donors (Lipinski definition) is 1. The van der Waals surface area contributed by atoms with Crippen LogP contribution in [0, 0.1) is 6.92 Å².